The van der Waals surface area contributed by atoms with Gasteiger partial charge in [0.15, 0.2) is 6.29 Å². The van der Waals surface area contributed by atoms with Gasteiger partial charge in [0.05, 0.1) is 25.4 Å². The van der Waals surface area contributed by atoms with Crippen LogP contribution in [0.1, 0.15) is 226 Å². The van der Waals surface area contributed by atoms with E-state index in [1.807, 2.05) is 6.08 Å². The Morgan fingerprint density at radius 1 is 0.530 bits per heavy atom. The largest absolute Gasteiger partial charge is 0.394 e. The topological polar surface area (TPSA) is 149 Å². The maximum atomic E-state index is 13.0. The Morgan fingerprint density at radius 3 is 1.39 bits per heavy atom. The first-order chi connectivity index (χ1) is 32.3. The minimum absolute atomic E-state index is 0.189. The number of allylic oxidation sites excluding steroid dienone is 11. The summed E-state index contributed by atoms with van der Waals surface area (Å²) in [5, 5.41) is 54.5. The molecule has 9 nitrogen and oxygen atoms in total. The maximum absolute atomic E-state index is 13.0. The number of hydrogen-bond acceptors (Lipinski definition) is 8. The molecule has 1 saturated heterocycles. The van der Waals surface area contributed by atoms with Gasteiger partial charge < -0.3 is 40.3 Å². The summed E-state index contributed by atoms with van der Waals surface area (Å²) in [5.41, 5.74) is 0. The number of aliphatic hydroxyl groups excluding tert-OH is 5. The maximum Gasteiger partial charge on any atom is 0.220 e. The minimum Gasteiger partial charge on any atom is -0.394 e. The summed E-state index contributed by atoms with van der Waals surface area (Å²) in [6, 6.07) is -0.815. The first-order valence-electron chi connectivity index (χ1n) is 27.2. The zero-order chi connectivity index (χ0) is 48.0. The van der Waals surface area contributed by atoms with Crippen molar-refractivity contribution in [2.45, 2.75) is 269 Å². The predicted molar refractivity (Wildman–Crippen MR) is 276 cm³/mol. The molecule has 7 unspecified atom stereocenters. The van der Waals surface area contributed by atoms with Gasteiger partial charge in [-0.1, -0.05) is 228 Å². The van der Waals surface area contributed by atoms with E-state index >= 15 is 0 Å². The van der Waals surface area contributed by atoms with Crippen molar-refractivity contribution < 1.29 is 39.8 Å². The lowest BCUT2D eigenvalue weighted by Crippen LogP contribution is -2.60. The number of carbonyl (C=O) groups excluding carboxylic acids is 1. The van der Waals surface area contributed by atoms with Gasteiger partial charge in [0.25, 0.3) is 0 Å². The SMILES string of the molecule is CC/C=C\C/C=C\C/C=C\C/C=C\C/C=C\CCCCCCCCCC(=O)NC(COC1OC(CO)C(O)C(O)C1O)C(O)/C=C/CCCCCCCCCCCCCCCCCCCC. The van der Waals surface area contributed by atoms with Gasteiger partial charge in [-0.25, -0.2) is 0 Å². The average Bonchev–Trinajstić information content (AvgIpc) is 3.32. The Bertz CT molecular complexity index is 1260. The summed E-state index contributed by atoms with van der Waals surface area (Å²) in [5.74, 6) is -0.189. The van der Waals surface area contributed by atoms with Crippen LogP contribution in [0.3, 0.4) is 0 Å². The number of ether oxygens (including phenoxy) is 2. The highest BCUT2D eigenvalue weighted by molar-refractivity contribution is 5.76. The van der Waals surface area contributed by atoms with Gasteiger partial charge in [0, 0.05) is 6.42 Å². The molecule has 0 radical (unpaired) electrons. The van der Waals surface area contributed by atoms with Crippen LogP contribution < -0.4 is 5.32 Å². The van der Waals surface area contributed by atoms with Crippen LogP contribution in [0.15, 0.2) is 72.9 Å². The van der Waals surface area contributed by atoms with Crippen molar-refractivity contribution in [3.05, 3.63) is 72.9 Å². The van der Waals surface area contributed by atoms with Crippen LogP contribution in [-0.2, 0) is 14.3 Å². The second kappa shape index (κ2) is 46.4. The van der Waals surface area contributed by atoms with Crippen LogP contribution in [0.2, 0.25) is 0 Å². The summed E-state index contributed by atoms with van der Waals surface area (Å²) in [4.78, 5) is 13.0. The summed E-state index contributed by atoms with van der Waals surface area (Å²) in [6.45, 7) is 3.67. The minimum atomic E-state index is -1.57. The lowest BCUT2D eigenvalue weighted by Gasteiger charge is -2.40. The molecule has 382 valence electrons. The Labute approximate surface area is 404 Å². The zero-order valence-corrected chi connectivity index (χ0v) is 42.2. The molecule has 1 aliphatic heterocycles. The monoisotopic (exact) mass is 928 g/mol. The lowest BCUT2D eigenvalue weighted by molar-refractivity contribution is -0.302. The molecule has 1 heterocycles. The van der Waals surface area contributed by atoms with Gasteiger partial charge in [0.1, 0.15) is 24.4 Å². The summed E-state index contributed by atoms with van der Waals surface area (Å²) in [6.07, 6.45) is 56.6. The lowest BCUT2D eigenvalue weighted by atomic mass is 9.99. The average molecular weight is 928 g/mol. The molecule has 0 aliphatic carbocycles. The molecule has 66 heavy (non-hydrogen) atoms. The molecule has 0 bridgehead atoms. The summed E-state index contributed by atoms with van der Waals surface area (Å²) in [7, 11) is 0. The Hall–Kier alpha value is -2.37. The number of aliphatic hydroxyl groups is 5. The van der Waals surface area contributed by atoms with Crippen LogP contribution in [0.5, 0.6) is 0 Å². The van der Waals surface area contributed by atoms with E-state index in [1.165, 1.54) is 122 Å². The van der Waals surface area contributed by atoms with Gasteiger partial charge in [-0.2, -0.15) is 0 Å². The number of carbonyl (C=O) groups is 1. The van der Waals surface area contributed by atoms with Crippen LogP contribution in [0.25, 0.3) is 0 Å². The number of hydrogen-bond donors (Lipinski definition) is 6. The van der Waals surface area contributed by atoms with Crippen molar-refractivity contribution in [3.8, 4) is 0 Å². The van der Waals surface area contributed by atoms with E-state index in [9.17, 15) is 30.3 Å². The standard InChI is InChI=1S/C57H101NO8/c1-3-5-7-9-11-13-15-17-19-21-23-25-26-27-29-31-33-35-37-39-41-43-45-47-53(61)58-50(49-65-57-56(64)55(63)54(62)52(48-59)66-57)51(60)46-44-42-40-38-36-34-32-30-28-24-22-20-18-16-14-12-10-8-6-4-2/h5,7,11,13,17,19,23,25,27,29,44,46,50-52,54-57,59-60,62-64H,3-4,6,8-10,12,14-16,18,20-22,24,26,28,30-43,45,47-49H2,1-2H3,(H,58,61)/b7-5-,13-11-,19-17-,25-23-,29-27-,46-44+. The van der Waals surface area contributed by atoms with Crippen molar-refractivity contribution in [1.29, 1.82) is 0 Å². The first-order valence-corrected chi connectivity index (χ1v) is 27.2. The highest BCUT2D eigenvalue weighted by atomic mass is 16.7. The molecule has 0 aromatic rings. The predicted octanol–water partition coefficient (Wildman–Crippen LogP) is 12.9. The van der Waals surface area contributed by atoms with E-state index in [4.69, 9.17) is 9.47 Å². The van der Waals surface area contributed by atoms with Crippen molar-refractivity contribution in [2.24, 2.45) is 0 Å². The van der Waals surface area contributed by atoms with E-state index < -0.39 is 49.5 Å². The molecule has 1 rings (SSSR count). The third-order valence-corrected chi connectivity index (χ3v) is 12.5. The second-order valence-electron chi connectivity index (χ2n) is 18.6. The molecular formula is C57H101NO8. The smallest absolute Gasteiger partial charge is 0.220 e. The third kappa shape index (κ3) is 35.7. The fourth-order valence-corrected chi connectivity index (χ4v) is 8.24. The molecule has 0 aromatic heterocycles. The third-order valence-electron chi connectivity index (χ3n) is 12.5. The van der Waals surface area contributed by atoms with E-state index in [-0.39, 0.29) is 12.5 Å². The van der Waals surface area contributed by atoms with Gasteiger partial charge in [-0.15, -0.1) is 0 Å². The molecule has 7 atom stereocenters. The van der Waals surface area contributed by atoms with Gasteiger partial charge >= 0.3 is 0 Å². The molecule has 1 fully saturated rings. The molecule has 1 aliphatic rings. The summed E-state index contributed by atoms with van der Waals surface area (Å²) >= 11 is 0. The fourth-order valence-electron chi connectivity index (χ4n) is 8.24. The second-order valence-corrected chi connectivity index (χ2v) is 18.6. The van der Waals surface area contributed by atoms with Crippen molar-refractivity contribution in [3.63, 3.8) is 0 Å². The van der Waals surface area contributed by atoms with Gasteiger partial charge in [-0.05, 0) is 64.2 Å². The molecule has 0 saturated carbocycles. The van der Waals surface area contributed by atoms with Crippen LogP contribution in [0, 0.1) is 0 Å². The number of amides is 1. The molecule has 1 amide bonds. The number of nitrogens with one attached hydrogen (secondary N) is 1. The molecule has 9 heteroatoms. The van der Waals surface area contributed by atoms with Gasteiger partial charge in [0.2, 0.25) is 5.91 Å². The summed E-state index contributed by atoms with van der Waals surface area (Å²) < 4.78 is 11.3. The Kier molecular flexibility index (Phi) is 43.3. The van der Waals surface area contributed by atoms with E-state index in [1.54, 1.807) is 6.08 Å². The van der Waals surface area contributed by atoms with E-state index in [0.29, 0.717) is 6.42 Å². The number of unbranched alkanes of at least 4 members (excludes halogenated alkanes) is 25. The van der Waals surface area contributed by atoms with Crippen molar-refractivity contribution >= 4 is 5.91 Å². The molecular weight excluding hydrogens is 827 g/mol. The van der Waals surface area contributed by atoms with Crippen molar-refractivity contribution in [2.75, 3.05) is 13.2 Å². The normalized spacial score (nSPS) is 20.4. The molecule has 0 aromatic carbocycles. The Balaban J connectivity index is 2.29. The van der Waals surface area contributed by atoms with Gasteiger partial charge in [-0.3, -0.25) is 4.79 Å². The van der Waals surface area contributed by atoms with Crippen LogP contribution >= 0.6 is 0 Å². The molecule has 6 N–H and O–H groups in total. The zero-order valence-electron chi connectivity index (χ0n) is 42.2. The Morgan fingerprint density at radius 2 is 0.939 bits per heavy atom. The number of rotatable bonds is 45. The van der Waals surface area contributed by atoms with E-state index in [0.717, 1.165) is 83.5 Å². The fraction of sp³-hybridized carbons (Fsp3) is 0.772. The van der Waals surface area contributed by atoms with Crippen molar-refractivity contribution in [1.82, 2.24) is 5.32 Å². The van der Waals surface area contributed by atoms with Crippen LogP contribution in [0.4, 0.5) is 0 Å². The quantitative estimate of drug-likeness (QED) is 0.0261. The van der Waals surface area contributed by atoms with E-state index in [2.05, 4.69) is 79.9 Å². The first kappa shape index (κ1) is 61.6. The highest BCUT2D eigenvalue weighted by Gasteiger charge is 2.44. The van der Waals surface area contributed by atoms with Crippen LogP contribution in [-0.4, -0.2) is 87.5 Å². The highest BCUT2D eigenvalue weighted by Crippen LogP contribution is 2.23. The molecule has 0 spiro atoms.